The fraction of sp³-hybridized carbons (Fsp3) is 0.100. The van der Waals surface area contributed by atoms with E-state index in [0.29, 0.717) is 16.5 Å². The lowest BCUT2D eigenvalue weighted by Crippen LogP contribution is -1.87. The minimum Gasteiger partial charge on any atom is -0.443 e. The predicted molar refractivity (Wildman–Crippen MR) is 65.6 cm³/mol. The number of aliphatic hydroxyl groups is 1. The van der Waals surface area contributed by atoms with Crippen molar-refractivity contribution in [2.75, 3.05) is 0 Å². The van der Waals surface area contributed by atoms with Crippen LogP contribution < -0.4 is 0 Å². The molecule has 3 nitrogen and oxygen atoms in total. The van der Waals surface area contributed by atoms with E-state index in [9.17, 15) is 0 Å². The fourth-order valence-corrected chi connectivity index (χ4v) is 1.77. The molecule has 0 amide bonds. The molecular weight excluding hydrogens is 328 g/mol. The van der Waals surface area contributed by atoms with Crippen molar-refractivity contribution in [1.82, 2.24) is 4.98 Å². The molecule has 2 aromatic rings. The molecule has 1 aromatic carbocycles. The van der Waals surface area contributed by atoms with Gasteiger partial charge in [0.05, 0.1) is 11.6 Å². The van der Waals surface area contributed by atoms with Crippen LogP contribution in [0.15, 0.2) is 29.0 Å². The Labute approximate surface area is 105 Å². The smallest absolute Gasteiger partial charge is 0.181 e. The van der Waals surface area contributed by atoms with Crippen molar-refractivity contribution in [2.24, 2.45) is 0 Å². The molecular formula is C10H7ClINO2. The van der Waals surface area contributed by atoms with Gasteiger partial charge in [-0.05, 0) is 34.7 Å². The molecule has 0 aliphatic rings. The third kappa shape index (κ3) is 2.16. The average Bonchev–Trinajstić information content (AvgIpc) is 2.70. The third-order valence-corrected chi connectivity index (χ3v) is 3.54. The molecule has 0 aliphatic carbocycles. The maximum atomic E-state index is 9.04. The number of halogens is 2. The van der Waals surface area contributed by atoms with E-state index < -0.39 is 0 Å². The summed E-state index contributed by atoms with van der Waals surface area (Å²) in [4.78, 5) is 3.90. The zero-order valence-corrected chi connectivity index (χ0v) is 10.5. The normalized spacial score (nSPS) is 10.6. The molecule has 2 rings (SSSR count). The van der Waals surface area contributed by atoms with Gasteiger partial charge in [-0.1, -0.05) is 17.7 Å². The van der Waals surface area contributed by atoms with Gasteiger partial charge in [-0.3, -0.25) is 0 Å². The second-order valence-electron chi connectivity index (χ2n) is 2.92. The van der Waals surface area contributed by atoms with Gasteiger partial charge in [-0.2, -0.15) is 0 Å². The third-order valence-electron chi connectivity index (χ3n) is 1.97. The van der Waals surface area contributed by atoms with Crippen LogP contribution in [0.3, 0.4) is 0 Å². The number of nitrogens with zero attached hydrogens (tertiary/aromatic N) is 1. The van der Waals surface area contributed by atoms with E-state index in [1.54, 1.807) is 6.07 Å². The van der Waals surface area contributed by atoms with Crippen LogP contribution in [0, 0.1) is 3.57 Å². The van der Waals surface area contributed by atoms with E-state index in [-0.39, 0.29) is 6.61 Å². The molecule has 0 atom stereocenters. The van der Waals surface area contributed by atoms with Crippen LogP contribution in [0.25, 0.3) is 11.3 Å². The van der Waals surface area contributed by atoms with Crippen LogP contribution in [0.4, 0.5) is 0 Å². The standard InChI is InChI=1S/C10H7ClINO2/c11-7-3-6(1-2-8(7)12)10-9(4-14)13-5-15-10/h1-3,5,14H,4H2. The van der Waals surface area contributed by atoms with Crippen molar-refractivity contribution >= 4 is 34.2 Å². The van der Waals surface area contributed by atoms with E-state index in [2.05, 4.69) is 27.6 Å². The molecule has 0 saturated carbocycles. The monoisotopic (exact) mass is 335 g/mol. The summed E-state index contributed by atoms with van der Waals surface area (Å²) in [6, 6.07) is 5.57. The predicted octanol–water partition coefficient (Wildman–Crippen LogP) is 3.09. The largest absolute Gasteiger partial charge is 0.443 e. The van der Waals surface area contributed by atoms with Crippen molar-refractivity contribution in [3.05, 3.63) is 38.9 Å². The van der Waals surface area contributed by atoms with Crippen molar-refractivity contribution in [1.29, 1.82) is 0 Å². The highest BCUT2D eigenvalue weighted by Gasteiger charge is 2.10. The Bertz CT molecular complexity index is 484. The molecule has 1 aromatic heterocycles. The number of aliphatic hydroxyl groups excluding tert-OH is 1. The molecule has 5 heteroatoms. The number of aromatic nitrogens is 1. The molecule has 0 fully saturated rings. The molecule has 1 N–H and O–H groups in total. The minimum atomic E-state index is -0.143. The van der Waals surface area contributed by atoms with Crippen molar-refractivity contribution in [3.63, 3.8) is 0 Å². The topological polar surface area (TPSA) is 46.3 Å². The summed E-state index contributed by atoms with van der Waals surface area (Å²) >= 11 is 8.14. The Hall–Kier alpha value is -0.590. The molecule has 15 heavy (non-hydrogen) atoms. The van der Waals surface area contributed by atoms with Crippen molar-refractivity contribution in [2.45, 2.75) is 6.61 Å². The van der Waals surface area contributed by atoms with Crippen LogP contribution in [-0.2, 0) is 6.61 Å². The summed E-state index contributed by atoms with van der Waals surface area (Å²) < 4.78 is 6.18. The Morgan fingerprint density at radius 1 is 1.47 bits per heavy atom. The number of hydrogen-bond acceptors (Lipinski definition) is 3. The Balaban J connectivity index is 2.50. The average molecular weight is 336 g/mol. The molecule has 0 aliphatic heterocycles. The fourth-order valence-electron chi connectivity index (χ4n) is 1.25. The summed E-state index contributed by atoms with van der Waals surface area (Å²) in [6.07, 6.45) is 1.31. The number of hydrogen-bond donors (Lipinski definition) is 1. The zero-order valence-electron chi connectivity index (χ0n) is 7.58. The first kappa shape index (κ1) is 10.9. The molecule has 0 unspecified atom stereocenters. The molecule has 0 spiro atoms. The van der Waals surface area contributed by atoms with Gasteiger partial charge in [0.2, 0.25) is 0 Å². The highest BCUT2D eigenvalue weighted by molar-refractivity contribution is 14.1. The van der Waals surface area contributed by atoms with Gasteiger partial charge in [0.25, 0.3) is 0 Å². The molecule has 0 bridgehead atoms. The van der Waals surface area contributed by atoms with Gasteiger partial charge >= 0.3 is 0 Å². The molecule has 0 radical (unpaired) electrons. The van der Waals surface area contributed by atoms with Crippen LogP contribution in [0.5, 0.6) is 0 Å². The van der Waals surface area contributed by atoms with Gasteiger partial charge in [0, 0.05) is 9.13 Å². The maximum Gasteiger partial charge on any atom is 0.181 e. The lowest BCUT2D eigenvalue weighted by Gasteiger charge is -2.01. The van der Waals surface area contributed by atoms with Crippen LogP contribution in [0.1, 0.15) is 5.69 Å². The van der Waals surface area contributed by atoms with E-state index in [0.717, 1.165) is 9.13 Å². The Morgan fingerprint density at radius 3 is 2.93 bits per heavy atom. The second kappa shape index (κ2) is 4.51. The minimum absolute atomic E-state index is 0.143. The number of oxazole rings is 1. The van der Waals surface area contributed by atoms with Gasteiger partial charge in [0.1, 0.15) is 5.69 Å². The van der Waals surface area contributed by atoms with E-state index >= 15 is 0 Å². The zero-order chi connectivity index (χ0) is 10.8. The van der Waals surface area contributed by atoms with Crippen molar-refractivity contribution in [3.8, 4) is 11.3 Å². The maximum absolute atomic E-state index is 9.04. The number of rotatable bonds is 2. The van der Waals surface area contributed by atoms with Gasteiger partial charge < -0.3 is 9.52 Å². The Kier molecular flexibility index (Phi) is 3.28. The first-order valence-electron chi connectivity index (χ1n) is 4.21. The summed E-state index contributed by atoms with van der Waals surface area (Å²) in [7, 11) is 0. The summed E-state index contributed by atoms with van der Waals surface area (Å²) in [5.74, 6) is 0.566. The van der Waals surface area contributed by atoms with Gasteiger partial charge in [0.15, 0.2) is 12.2 Å². The summed E-state index contributed by atoms with van der Waals surface area (Å²) in [5, 5.41) is 9.70. The SMILES string of the molecule is OCc1ncoc1-c1ccc(I)c(Cl)c1. The summed E-state index contributed by atoms with van der Waals surface area (Å²) in [6.45, 7) is -0.143. The van der Waals surface area contributed by atoms with Crippen LogP contribution >= 0.6 is 34.2 Å². The first-order valence-corrected chi connectivity index (χ1v) is 5.66. The van der Waals surface area contributed by atoms with E-state index in [1.807, 2.05) is 12.1 Å². The van der Waals surface area contributed by atoms with E-state index in [1.165, 1.54) is 6.39 Å². The first-order chi connectivity index (χ1) is 7.22. The van der Waals surface area contributed by atoms with Crippen LogP contribution in [-0.4, -0.2) is 10.1 Å². The quantitative estimate of drug-likeness (QED) is 0.858. The highest BCUT2D eigenvalue weighted by atomic mass is 127. The number of benzene rings is 1. The van der Waals surface area contributed by atoms with Gasteiger partial charge in [-0.15, -0.1) is 0 Å². The van der Waals surface area contributed by atoms with Gasteiger partial charge in [-0.25, -0.2) is 4.98 Å². The molecule has 0 saturated heterocycles. The van der Waals surface area contributed by atoms with E-state index in [4.69, 9.17) is 21.1 Å². The molecule has 78 valence electrons. The lowest BCUT2D eigenvalue weighted by atomic mass is 10.1. The Morgan fingerprint density at radius 2 is 2.27 bits per heavy atom. The summed E-state index contributed by atoms with van der Waals surface area (Å²) in [5.41, 5.74) is 1.34. The molecule has 1 heterocycles. The van der Waals surface area contributed by atoms with Crippen LogP contribution in [0.2, 0.25) is 5.02 Å². The lowest BCUT2D eigenvalue weighted by molar-refractivity contribution is 0.277. The van der Waals surface area contributed by atoms with Crippen molar-refractivity contribution < 1.29 is 9.52 Å². The highest BCUT2D eigenvalue weighted by Crippen LogP contribution is 2.28. The second-order valence-corrected chi connectivity index (χ2v) is 4.48.